The normalized spacial score (nSPS) is 12.6. The smallest absolute Gasteiger partial charge is 0.333 e. The van der Waals surface area contributed by atoms with Gasteiger partial charge in [0.25, 0.3) is 5.56 Å². The Morgan fingerprint density at radius 3 is 2.32 bits per heavy atom. The number of alkyl halides is 3. The van der Waals surface area contributed by atoms with Crippen LogP contribution in [0.5, 0.6) is 0 Å². The Morgan fingerprint density at radius 2 is 1.86 bits per heavy atom. The van der Waals surface area contributed by atoms with Crippen LogP contribution in [-0.2, 0) is 16.1 Å². The van der Waals surface area contributed by atoms with E-state index in [1.165, 1.54) is 13.1 Å². The first-order chi connectivity index (χ1) is 10.3. The molecule has 0 aliphatic rings. The number of carboxylic acid groups (broad SMARTS) is 1. The van der Waals surface area contributed by atoms with Gasteiger partial charge in [0.2, 0.25) is 0 Å². The minimum atomic E-state index is -1.31. The first-order valence-electron chi connectivity index (χ1n) is 6.23. The molecule has 0 amide bonds. The summed E-state index contributed by atoms with van der Waals surface area (Å²) in [5.74, 6) is -1.22. The van der Waals surface area contributed by atoms with E-state index >= 15 is 0 Å². The Labute approximate surface area is 141 Å². The molecular formula is C12H15Cl3N2O5. The fourth-order valence-corrected chi connectivity index (χ4v) is 2.45. The maximum atomic E-state index is 12.3. The van der Waals surface area contributed by atoms with Crippen LogP contribution in [0.1, 0.15) is 11.8 Å². The molecule has 22 heavy (non-hydrogen) atoms. The zero-order valence-corrected chi connectivity index (χ0v) is 13.9. The molecule has 10 heteroatoms. The summed E-state index contributed by atoms with van der Waals surface area (Å²) in [4.78, 5) is 35.0. The van der Waals surface area contributed by atoms with Gasteiger partial charge >= 0.3 is 11.7 Å². The van der Waals surface area contributed by atoms with Crippen molar-refractivity contribution < 1.29 is 14.6 Å². The van der Waals surface area contributed by atoms with Crippen molar-refractivity contribution in [3.05, 3.63) is 32.6 Å². The van der Waals surface area contributed by atoms with Gasteiger partial charge in [-0.1, -0.05) is 0 Å². The number of hydrogen-bond acceptors (Lipinski definition) is 4. The summed E-state index contributed by atoms with van der Waals surface area (Å²) in [6.07, 6.45) is -0.189. The molecule has 1 aromatic rings. The second-order valence-corrected chi connectivity index (χ2v) is 5.39. The van der Waals surface area contributed by atoms with Crippen molar-refractivity contribution >= 4 is 40.8 Å². The highest BCUT2D eigenvalue weighted by Crippen LogP contribution is 2.13. The highest BCUT2D eigenvalue weighted by Gasteiger charge is 2.21. The fourth-order valence-electron chi connectivity index (χ4n) is 1.75. The van der Waals surface area contributed by atoms with E-state index in [1.807, 2.05) is 0 Å². The van der Waals surface area contributed by atoms with Crippen LogP contribution in [-0.4, -0.2) is 44.0 Å². The number of aryl methyl sites for hydroxylation is 1. The topological polar surface area (TPSA) is 90.5 Å². The van der Waals surface area contributed by atoms with Crippen molar-refractivity contribution in [2.75, 3.05) is 17.6 Å². The summed E-state index contributed by atoms with van der Waals surface area (Å²) in [5, 5.41) is 8.81. The number of carboxylic acids is 1. The third-order valence-electron chi connectivity index (χ3n) is 2.80. The van der Waals surface area contributed by atoms with Crippen LogP contribution in [0.2, 0.25) is 0 Å². The number of aliphatic carboxylic acids is 1. The minimum Gasteiger partial charge on any atom is -0.480 e. The van der Waals surface area contributed by atoms with Crippen LogP contribution in [0.3, 0.4) is 0 Å². The standard InChI is InChI=1S/C12H15Cl3N2O5/c1-7-5-16(9(4-15)22-8(2-13)3-14)12(21)17(11(7)20)6-10(18)19/h5,8-9H,2-4,6H2,1H3,(H,18,19)/t9-/m1/s1. The van der Waals surface area contributed by atoms with E-state index < -0.39 is 36.1 Å². The summed E-state index contributed by atoms with van der Waals surface area (Å²) >= 11 is 17.2. The molecular weight excluding hydrogens is 359 g/mol. The van der Waals surface area contributed by atoms with Crippen molar-refractivity contribution in [2.24, 2.45) is 0 Å². The highest BCUT2D eigenvalue weighted by atomic mass is 35.5. The van der Waals surface area contributed by atoms with Crippen molar-refractivity contribution in [1.29, 1.82) is 0 Å². The van der Waals surface area contributed by atoms with Crippen molar-refractivity contribution in [3.63, 3.8) is 0 Å². The molecule has 0 fully saturated rings. The predicted molar refractivity (Wildman–Crippen MR) is 83.4 cm³/mol. The van der Waals surface area contributed by atoms with E-state index in [9.17, 15) is 14.4 Å². The van der Waals surface area contributed by atoms with Gasteiger partial charge in [0, 0.05) is 23.5 Å². The van der Waals surface area contributed by atoms with E-state index in [4.69, 9.17) is 44.6 Å². The lowest BCUT2D eigenvalue weighted by atomic mass is 10.3. The molecule has 1 heterocycles. The zero-order chi connectivity index (χ0) is 16.9. The van der Waals surface area contributed by atoms with Crippen LogP contribution < -0.4 is 11.2 Å². The molecule has 0 spiro atoms. The largest absolute Gasteiger partial charge is 0.480 e. The number of nitrogens with zero attached hydrogens (tertiary/aromatic N) is 2. The number of ether oxygens (including phenoxy) is 1. The van der Waals surface area contributed by atoms with Gasteiger partial charge in [0.05, 0.1) is 12.0 Å². The Kier molecular flexibility index (Phi) is 7.41. The average molecular weight is 374 g/mol. The number of carbonyl (C=O) groups is 1. The fraction of sp³-hybridized carbons (Fsp3) is 0.583. The van der Waals surface area contributed by atoms with Gasteiger partial charge < -0.3 is 9.84 Å². The van der Waals surface area contributed by atoms with Gasteiger partial charge in [-0.3, -0.25) is 14.2 Å². The van der Waals surface area contributed by atoms with Gasteiger partial charge in [0.1, 0.15) is 6.54 Å². The van der Waals surface area contributed by atoms with E-state index in [-0.39, 0.29) is 23.2 Å². The number of aromatic nitrogens is 2. The van der Waals surface area contributed by atoms with Gasteiger partial charge in [-0.05, 0) is 6.92 Å². The summed E-state index contributed by atoms with van der Waals surface area (Å²) in [5.41, 5.74) is -1.32. The Balaban J connectivity index is 3.33. The number of halogens is 3. The first kappa shape index (κ1) is 19.0. The molecule has 124 valence electrons. The van der Waals surface area contributed by atoms with E-state index in [2.05, 4.69) is 0 Å². The van der Waals surface area contributed by atoms with Gasteiger partial charge in [0.15, 0.2) is 6.23 Å². The van der Waals surface area contributed by atoms with Crippen molar-refractivity contribution in [2.45, 2.75) is 25.8 Å². The highest BCUT2D eigenvalue weighted by molar-refractivity contribution is 6.21. The molecule has 0 aliphatic heterocycles. The molecule has 0 saturated heterocycles. The number of hydrogen-bond donors (Lipinski definition) is 1. The lowest BCUT2D eigenvalue weighted by Crippen LogP contribution is -2.44. The van der Waals surface area contributed by atoms with E-state index in [1.54, 1.807) is 0 Å². The maximum Gasteiger partial charge on any atom is 0.333 e. The minimum absolute atomic E-state index is 0.0966. The van der Waals surface area contributed by atoms with E-state index in [0.29, 0.717) is 4.57 Å². The Hall–Kier alpha value is -1.02. The lowest BCUT2D eigenvalue weighted by molar-refractivity contribution is -0.137. The molecule has 0 bridgehead atoms. The molecule has 0 aliphatic carbocycles. The van der Waals surface area contributed by atoms with Crippen molar-refractivity contribution in [3.8, 4) is 0 Å². The van der Waals surface area contributed by atoms with Gasteiger partial charge in [-0.2, -0.15) is 0 Å². The lowest BCUT2D eigenvalue weighted by Gasteiger charge is -2.23. The summed E-state index contributed by atoms with van der Waals surface area (Å²) in [6, 6.07) is 0. The van der Waals surface area contributed by atoms with Crippen LogP contribution in [0.4, 0.5) is 0 Å². The van der Waals surface area contributed by atoms with Gasteiger partial charge in [-0.15, -0.1) is 34.8 Å². The monoisotopic (exact) mass is 372 g/mol. The van der Waals surface area contributed by atoms with Crippen LogP contribution in [0, 0.1) is 6.92 Å². The van der Waals surface area contributed by atoms with Crippen LogP contribution >= 0.6 is 34.8 Å². The second kappa shape index (κ2) is 8.57. The molecule has 1 aromatic heterocycles. The van der Waals surface area contributed by atoms with Crippen LogP contribution in [0.25, 0.3) is 0 Å². The predicted octanol–water partition coefficient (Wildman–Crippen LogP) is 1.00. The zero-order valence-electron chi connectivity index (χ0n) is 11.7. The Bertz CT molecular complexity index is 639. The van der Waals surface area contributed by atoms with Crippen molar-refractivity contribution in [1.82, 2.24) is 9.13 Å². The third kappa shape index (κ3) is 4.49. The molecule has 1 N–H and O–H groups in total. The average Bonchev–Trinajstić information content (AvgIpc) is 2.49. The maximum absolute atomic E-state index is 12.3. The summed E-state index contributed by atoms with van der Waals surface area (Å²) in [6.45, 7) is 0.714. The van der Waals surface area contributed by atoms with E-state index in [0.717, 1.165) is 4.57 Å². The van der Waals surface area contributed by atoms with Gasteiger partial charge in [-0.25, -0.2) is 9.36 Å². The summed E-state index contributed by atoms with van der Waals surface area (Å²) < 4.78 is 7.20. The quantitative estimate of drug-likeness (QED) is 0.687. The molecule has 7 nitrogen and oxygen atoms in total. The Morgan fingerprint density at radius 1 is 1.27 bits per heavy atom. The molecule has 1 rings (SSSR count). The molecule has 0 saturated carbocycles. The first-order valence-corrected chi connectivity index (χ1v) is 7.83. The molecule has 0 unspecified atom stereocenters. The van der Waals surface area contributed by atoms with Crippen LogP contribution in [0.15, 0.2) is 15.8 Å². The summed E-state index contributed by atoms with van der Waals surface area (Å²) in [7, 11) is 0. The molecule has 1 atom stereocenters. The SMILES string of the molecule is Cc1cn([C@@H](CCl)OC(CCl)CCl)c(=O)n(CC(=O)O)c1=O. The number of rotatable bonds is 8. The molecule has 0 aromatic carbocycles. The third-order valence-corrected chi connectivity index (χ3v) is 3.75. The molecule has 0 radical (unpaired) electrons. The second-order valence-electron chi connectivity index (χ2n) is 4.46.